The van der Waals surface area contributed by atoms with Crippen LogP contribution in [0.4, 0.5) is 0 Å². The molecular weight excluding hydrogens is 364 g/mol. The van der Waals surface area contributed by atoms with Crippen molar-refractivity contribution in [1.29, 1.82) is 0 Å². The Labute approximate surface area is 168 Å². The number of H-pyrrole nitrogens is 1. The Hall–Kier alpha value is -3.54. The summed E-state index contributed by atoms with van der Waals surface area (Å²) in [5, 5.41) is 1.53. The highest BCUT2D eigenvalue weighted by atomic mass is 16.2. The van der Waals surface area contributed by atoms with Crippen LogP contribution in [0.3, 0.4) is 0 Å². The highest BCUT2D eigenvalue weighted by Gasteiger charge is 2.19. The first-order valence-corrected chi connectivity index (χ1v) is 9.78. The maximum Gasteiger partial charge on any atom is 0.272 e. The van der Waals surface area contributed by atoms with Gasteiger partial charge in [0, 0.05) is 11.9 Å². The Bertz CT molecular complexity index is 1230. The van der Waals surface area contributed by atoms with Gasteiger partial charge in [-0.2, -0.15) is 0 Å². The van der Waals surface area contributed by atoms with Crippen molar-refractivity contribution in [2.75, 3.05) is 6.54 Å². The van der Waals surface area contributed by atoms with Crippen LogP contribution in [0.25, 0.3) is 21.8 Å². The zero-order valence-electron chi connectivity index (χ0n) is 16.3. The summed E-state index contributed by atoms with van der Waals surface area (Å²) in [6.45, 7) is 2.88. The van der Waals surface area contributed by atoms with Gasteiger partial charge in [0.25, 0.3) is 11.5 Å². The van der Waals surface area contributed by atoms with Crippen LogP contribution >= 0.6 is 0 Å². The van der Waals surface area contributed by atoms with Gasteiger partial charge < -0.3 is 9.88 Å². The van der Waals surface area contributed by atoms with Crippen molar-refractivity contribution < 1.29 is 4.79 Å². The van der Waals surface area contributed by atoms with Gasteiger partial charge in [0.2, 0.25) is 0 Å². The lowest BCUT2D eigenvalue weighted by atomic mass is 10.2. The summed E-state index contributed by atoms with van der Waals surface area (Å²) in [7, 11) is 0. The maximum atomic E-state index is 13.2. The number of unbranched alkanes of at least 4 members (excludes halogenated alkanes) is 1. The highest BCUT2D eigenvalue weighted by Crippen LogP contribution is 2.15. The van der Waals surface area contributed by atoms with Gasteiger partial charge in [-0.3, -0.25) is 9.59 Å². The first-order valence-electron chi connectivity index (χ1n) is 9.78. The maximum absolute atomic E-state index is 13.2. The van der Waals surface area contributed by atoms with Gasteiger partial charge in [-0.05, 0) is 30.7 Å². The lowest BCUT2D eigenvalue weighted by Gasteiger charge is -2.22. The lowest BCUT2D eigenvalue weighted by Crippen LogP contribution is -2.33. The van der Waals surface area contributed by atoms with E-state index in [9.17, 15) is 9.59 Å². The molecule has 2 aromatic carbocycles. The third kappa shape index (κ3) is 4.01. The van der Waals surface area contributed by atoms with E-state index >= 15 is 0 Å². The molecule has 0 aliphatic heterocycles. The minimum absolute atomic E-state index is 0.167. The van der Waals surface area contributed by atoms with Gasteiger partial charge in [-0.1, -0.05) is 49.7 Å². The van der Waals surface area contributed by atoms with Crippen molar-refractivity contribution in [2.45, 2.75) is 26.3 Å². The Kier molecular flexibility index (Phi) is 5.33. The van der Waals surface area contributed by atoms with Crippen LogP contribution in [0.15, 0.2) is 65.5 Å². The smallest absolute Gasteiger partial charge is 0.272 e. The standard InChI is InChI=1S/C23H22N4O2/c1-2-3-14-27(15-21-25-19-11-7-5-9-17(19)22(28)26-21)23(29)20-13-12-16-8-4-6-10-18(16)24-20/h4-13H,2-3,14-15H2,1H3,(H,25,26,28). The molecule has 1 amide bonds. The fourth-order valence-electron chi connectivity index (χ4n) is 3.34. The number of aromatic amines is 1. The van der Waals surface area contributed by atoms with E-state index in [4.69, 9.17) is 0 Å². The second-order valence-corrected chi connectivity index (χ2v) is 7.00. The van der Waals surface area contributed by atoms with E-state index in [1.807, 2.05) is 36.4 Å². The minimum atomic E-state index is -0.197. The Balaban J connectivity index is 1.66. The third-order valence-electron chi connectivity index (χ3n) is 4.89. The van der Waals surface area contributed by atoms with Crippen LogP contribution < -0.4 is 5.56 Å². The van der Waals surface area contributed by atoms with Gasteiger partial charge in [-0.15, -0.1) is 0 Å². The number of hydrogen-bond donors (Lipinski definition) is 1. The Morgan fingerprint density at radius 1 is 0.966 bits per heavy atom. The molecule has 0 aliphatic rings. The molecule has 4 rings (SSSR count). The first kappa shape index (κ1) is 18.8. The second kappa shape index (κ2) is 8.22. The van der Waals surface area contributed by atoms with Gasteiger partial charge in [0.1, 0.15) is 11.5 Å². The molecule has 2 aromatic heterocycles. The number of benzene rings is 2. The van der Waals surface area contributed by atoms with E-state index in [2.05, 4.69) is 21.9 Å². The number of pyridine rings is 1. The minimum Gasteiger partial charge on any atom is -0.330 e. The number of para-hydroxylation sites is 2. The molecule has 0 aliphatic carbocycles. The number of amides is 1. The predicted molar refractivity (Wildman–Crippen MR) is 114 cm³/mol. The highest BCUT2D eigenvalue weighted by molar-refractivity contribution is 5.94. The molecule has 0 atom stereocenters. The molecule has 0 fully saturated rings. The molecule has 2 heterocycles. The molecule has 29 heavy (non-hydrogen) atoms. The van der Waals surface area contributed by atoms with Gasteiger partial charge in [-0.25, -0.2) is 9.97 Å². The summed E-state index contributed by atoms with van der Waals surface area (Å²) in [5.41, 5.74) is 1.60. The summed E-state index contributed by atoms with van der Waals surface area (Å²) in [5.74, 6) is 0.305. The summed E-state index contributed by atoms with van der Waals surface area (Å²) in [4.78, 5) is 39.1. The third-order valence-corrected chi connectivity index (χ3v) is 4.89. The number of hydrogen-bond acceptors (Lipinski definition) is 4. The van der Waals surface area contributed by atoms with Crippen LogP contribution in [0.2, 0.25) is 0 Å². The van der Waals surface area contributed by atoms with Crippen molar-refractivity contribution in [3.63, 3.8) is 0 Å². The molecule has 6 heteroatoms. The SMILES string of the molecule is CCCCN(Cc1nc2ccccc2c(=O)[nH]1)C(=O)c1ccc2ccccc2n1. The normalized spacial score (nSPS) is 11.1. The van der Waals surface area contributed by atoms with Gasteiger partial charge in [0.15, 0.2) is 0 Å². The molecule has 1 N–H and O–H groups in total. The number of nitrogens with one attached hydrogen (secondary N) is 1. The summed E-state index contributed by atoms with van der Waals surface area (Å²) in [6.07, 6.45) is 1.81. The van der Waals surface area contributed by atoms with E-state index in [0.717, 1.165) is 23.7 Å². The van der Waals surface area contributed by atoms with E-state index < -0.39 is 0 Å². The van der Waals surface area contributed by atoms with Crippen molar-refractivity contribution in [1.82, 2.24) is 19.9 Å². The van der Waals surface area contributed by atoms with Crippen LogP contribution in [0.5, 0.6) is 0 Å². The fraction of sp³-hybridized carbons (Fsp3) is 0.217. The van der Waals surface area contributed by atoms with Gasteiger partial charge in [0.05, 0.1) is 23.0 Å². The van der Waals surface area contributed by atoms with Crippen molar-refractivity contribution in [2.24, 2.45) is 0 Å². The number of carbonyl (C=O) groups is 1. The average molecular weight is 386 g/mol. The molecule has 6 nitrogen and oxygen atoms in total. The largest absolute Gasteiger partial charge is 0.330 e. The van der Waals surface area contributed by atoms with Crippen LogP contribution in [-0.4, -0.2) is 32.3 Å². The monoisotopic (exact) mass is 386 g/mol. The first-order chi connectivity index (χ1) is 14.2. The van der Waals surface area contributed by atoms with E-state index in [1.165, 1.54) is 0 Å². The molecular formula is C23H22N4O2. The molecule has 146 valence electrons. The molecule has 0 radical (unpaired) electrons. The summed E-state index contributed by atoms with van der Waals surface area (Å²) in [6, 6.07) is 18.6. The predicted octanol–water partition coefficient (Wildman–Crippen LogP) is 3.91. The van der Waals surface area contributed by atoms with Crippen LogP contribution in [0, 0.1) is 0 Å². The topological polar surface area (TPSA) is 79.0 Å². The van der Waals surface area contributed by atoms with E-state index in [0.29, 0.717) is 29.0 Å². The zero-order chi connectivity index (χ0) is 20.2. The Morgan fingerprint density at radius 3 is 2.55 bits per heavy atom. The number of aromatic nitrogens is 3. The van der Waals surface area contributed by atoms with Gasteiger partial charge >= 0.3 is 0 Å². The molecule has 0 bridgehead atoms. The summed E-state index contributed by atoms with van der Waals surface area (Å²) >= 11 is 0. The second-order valence-electron chi connectivity index (χ2n) is 7.00. The number of fused-ring (bicyclic) bond motifs is 2. The number of carbonyl (C=O) groups excluding carboxylic acids is 1. The van der Waals surface area contributed by atoms with Crippen molar-refractivity contribution >= 4 is 27.7 Å². The van der Waals surface area contributed by atoms with E-state index in [-0.39, 0.29) is 18.0 Å². The van der Waals surface area contributed by atoms with Crippen molar-refractivity contribution in [3.05, 3.63) is 82.5 Å². The molecule has 0 saturated carbocycles. The van der Waals surface area contributed by atoms with Crippen LogP contribution in [0.1, 0.15) is 36.1 Å². The average Bonchev–Trinajstić information content (AvgIpc) is 2.76. The quantitative estimate of drug-likeness (QED) is 0.545. The fourth-order valence-corrected chi connectivity index (χ4v) is 3.34. The number of rotatable bonds is 6. The van der Waals surface area contributed by atoms with Crippen molar-refractivity contribution in [3.8, 4) is 0 Å². The number of nitrogens with zero attached hydrogens (tertiary/aromatic N) is 3. The molecule has 0 saturated heterocycles. The zero-order valence-corrected chi connectivity index (χ0v) is 16.3. The van der Waals surface area contributed by atoms with E-state index in [1.54, 1.807) is 29.2 Å². The van der Waals surface area contributed by atoms with Crippen LogP contribution in [-0.2, 0) is 6.54 Å². The molecule has 4 aromatic rings. The summed E-state index contributed by atoms with van der Waals surface area (Å²) < 4.78 is 0. The lowest BCUT2D eigenvalue weighted by molar-refractivity contribution is 0.0731. The molecule has 0 spiro atoms. The molecule has 0 unspecified atom stereocenters. The Morgan fingerprint density at radius 2 is 1.72 bits per heavy atom.